The second-order valence-corrected chi connectivity index (χ2v) is 4.98. The number of halogens is 1. The number of pyridine rings is 1. The van der Waals surface area contributed by atoms with E-state index in [0.29, 0.717) is 0 Å². The molecule has 1 aromatic carbocycles. The lowest BCUT2D eigenvalue weighted by molar-refractivity contribution is 0.979. The lowest BCUT2D eigenvalue weighted by Gasteiger charge is -2.10. The van der Waals surface area contributed by atoms with E-state index in [2.05, 4.69) is 25.9 Å². The summed E-state index contributed by atoms with van der Waals surface area (Å²) in [6, 6.07) is 5.84. The molecule has 5 heteroatoms. The SMILES string of the molecule is Cc1nccn1-c1ccc(N)c2cc(Br)cnc12. The lowest BCUT2D eigenvalue weighted by atomic mass is 10.1. The maximum atomic E-state index is 6.00. The van der Waals surface area contributed by atoms with Crippen LogP contribution in [-0.2, 0) is 0 Å². The molecule has 3 rings (SSSR count). The summed E-state index contributed by atoms with van der Waals surface area (Å²) in [5.74, 6) is 0.922. The molecule has 0 saturated heterocycles. The molecule has 3 aromatic rings. The van der Waals surface area contributed by atoms with Gasteiger partial charge in [-0.05, 0) is 41.1 Å². The largest absolute Gasteiger partial charge is 0.398 e. The molecule has 0 atom stereocenters. The van der Waals surface area contributed by atoms with Crippen molar-refractivity contribution in [1.82, 2.24) is 14.5 Å². The molecular weight excluding hydrogens is 292 g/mol. The van der Waals surface area contributed by atoms with Gasteiger partial charge in [0.15, 0.2) is 0 Å². The Kier molecular flexibility index (Phi) is 2.56. The summed E-state index contributed by atoms with van der Waals surface area (Å²) in [5, 5.41) is 0.940. The molecule has 4 nitrogen and oxygen atoms in total. The van der Waals surface area contributed by atoms with E-state index in [1.165, 1.54) is 0 Å². The molecule has 0 unspecified atom stereocenters. The number of nitrogens with two attached hydrogens (primary N) is 1. The number of hydrogen-bond donors (Lipinski definition) is 1. The van der Waals surface area contributed by atoms with Crippen LogP contribution in [0.1, 0.15) is 5.82 Å². The number of aromatic nitrogens is 3. The van der Waals surface area contributed by atoms with Crippen LogP contribution in [0.3, 0.4) is 0 Å². The third-order valence-corrected chi connectivity index (χ3v) is 3.35. The van der Waals surface area contributed by atoms with Crippen molar-refractivity contribution in [3.05, 3.63) is 47.1 Å². The molecule has 0 amide bonds. The van der Waals surface area contributed by atoms with E-state index in [1.807, 2.05) is 35.9 Å². The highest BCUT2D eigenvalue weighted by molar-refractivity contribution is 9.10. The molecule has 0 bridgehead atoms. The van der Waals surface area contributed by atoms with Gasteiger partial charge in [0, 0.05) is 34.1 Å². The van der Waals surface area contributed by atoms with Crippen molar-refractivity contribution in [3.63, 3.8) is 0 Å². The van der Waals surface area contributed by atoms with Gasteiger partial charge in [-0.1, -0.05) is 0 Å². The van der Waals surface area contributed by atoms with Crippen LogP contribution in [0.2, 0.25) is 0 Å². The summed E-state index contributed by atoms with van der Waals surface area (Å²) in [6.45, 7) is 1.96. The highest BCUT2D eigenvalue weighted by atomic mass is 79.9. The second-order valence-electron chi connectivity index (χ2n) is 4.07. The Morgan fingerprint density at radius 2 is 2.11 bits per heavy atom. The molecule has 0 radical (unpaired) electrons. The van der Waals surface area contributed by atoms with Crippen molar-refractivity contribution >= 4 is 32.5 Å². The van der Waals surface area contributed by atoms with Crippen molar-refractivity contribution in [2.45, 2.75) is 6.92 Å². The van der Waals surface area contributed by atoms with Crippen LogP contribution in [0.25, 0.3) is 16.6 Å². The molecule has 0 spiro atoms. The Labute approximate surface area is 113 Å². The zero-order chi connectivity index (χ0) is 12.7. The molecule has 0 saturated carbocycles. The molecule has 0 aliphatic heterocycles. The number of fused-ring (bicyclic) bond motifs is 1. The summed E-state index contributed by atoms with van der Waals surface area (Å²) < 4.78 is 2.92. The number of rotatable bonds is 1. The third kappa shape index (κ3) is 1.67. The number of nitrogens with zero attached hydrogens (tertiary/aromatic N) is 3. The van der Waals surface area contributed by atoms with Gasteiger partial charge < -0.3 is 10.3 Å². The van der Waals surface area contributed by atoms with Crippen LogP contribution in [0.15, 0.2) is 41.3 Å². The topological polar surface area (TPSA) is 56.7 Å². The maximum absolute atomic E-state index is 6.00. The van der Waals surface area contributed by atoms with Crippen LogP contribution >= 0.6 is 15.9 Å². The zero-order valence-corrected chi connectivity index (χ0v) is 11.3. The number of anilines is 1. The zero-order valence-electron chi connectivity index (χ0n) is 9.76. The monoisotopic (exact) mass is 302 g/mol. The van der Waals surface area contributed by atoms with E-state index in [0.717, 1.165) is 32.6 Å². The van der Waals surface area contributed by atoms with Gasteiger partial charge in [-0.3, -0.25) is 4.98 Å². The first-order valence-electron chi connectivity index (χ1n) is 5.51. The van der Waals surface area contributed by atoms with Crippen LogP contribution in [0.5, 0.6) is 0 Å². The number of nitrogen functional groups attached to an aromatic ring is 1. The van der Waals surface area contributed by atoms with Gasteiger partial charge in [0.05, 0.1) is 11.2 Å². The summed E-state index contributed by atoms with van der Waals surface area (Å²) in [4.78, 5) is 8.70. The predicted octanol–water partition coefficient (Wildman–Crippen LogP) is 3.07. The van der Waals surface area contributed by atoms with E-state index >= 15 is 0 Å². The van der Waals surface area contributed by atoms with E-state index in [1.54, 1.807) is 12.4 Å². The fraction of sp³-hybridized carbons (Fsp3) is 0.0769. The lowest BCUT2D eigenvalue weighted by Crippen LogP contribution is -1.99. The fourth-order valence-corrected chi connectivity index (χ4v) is 2.36. The first-order valence-corrected chi connectivity index (χ1v) is 6.30. The van der Waals surface area contributed by atoms with Gasteiger partial charge in [0.25, 0.3) is 0 Å². The quantitative estimate of drug-likeness (QED) is 0.703. The Morgan fingerprint density at radius 3 is 2.83 bits per heavy atom. The van der Waals surface area contributed by atoms with Crippen molar-refractivity contribution in [2.75, 3.05) is 5.73 Å². The van der Waals surface area contributed by atoms with Gasteiger partial charge in [-0.15, -0.1) is 0 Å². The number of aryl methyl sites for hydroxylation is 1. The predicted molar refractivity (Wildman–Crippen MR) is 75.7 cm³/mol. The Morgan fingerprint density at radius 1 is 1.28 bits per heavy atom. The van der Waals surface area contributed by atoms with Crippen LogP contribution in [0, 0.1) is 6.92 Å². The molecule has 0 aliphatic rings. The van der Waals surface area contributed by atoms with Crippen molar-refractivity contribution in [2.24, 2.45) is 0 Å². The summed E-state index contributed by atoms with van der Waals surface area (Å²) in [6.07, 6.45) is 5.47. The standard InChI is InChI=1S/C13H11BrN4/c1-8-16-4-5-18(8)12-3-2-11(15)10-6-9(14)7-17-13(10)12/h2-7H,15H2,1H3. The van der Waals surface area contributed by atoms with Gasteiger partial charge in [-0.2, -0.15) is 0 Å². The molecular formula is C13H11BrN4. The molecule has 2 aromatic heterocycles. The molecule has 2 N–H and O–H groups in total. The van der Waals surface area contributed by atoms with Gasteiger partial charge in [0.1, 0.15) is 5.82 Å². The van der Waals surface area contributed by atoms with Crippen LogP contribution in [-0.4, -0.2) is 14.5 Å². The van der Waals surface area contributed by atoms with Crippen LogP contribution < -0.4 is 5.73 Å². The fourth-order valence-electron chi connectivity index (χ4n) is 2.03. The molecule has 0 fully saturated rings. The molecule has 18 heavy (non-hydrogen) atoms. The minimum Gasteiger partial charge on any atom is -0.398 e. The van der Waals surface area contributed by atoms with Crippen molar-refractivity contribution < 1.29 is 0 Å². The second kappa shape index (κ2) is 4.10. The first kappa shape index (κ1) is 11.2. The van der Waals surface area contributed by atoms with Gasteiger partial charge in [-0.25, -0.2) is 4.98 Å². The van der Waals surface area contributed by atoms with E-state index in [4.69, 9.17) is 5.73 Å². The van der Waals surface area contributed by atoms with Crippen molar-refractivity contribution in [3.8, 4) is 5.69 Å². The highest BCUT2D eigenvalue weighted by Crippen LogP contribution is 2.28. The summed E-state index contributed by atoms with van der Waals surface area (Å²) in [5.41, 5.74) is 8.58. The first-order chi connectivity index (χ1) is 8.66. The minimum absolute atomic E-state index is 0.723. The minimum atomic E-state index is 0.723. The average molecular weight is 303 g/mol. The summed E-state index contributed by atoms with van der Waals surface area (Å²) >= 11 is 3.42. The highest BCUT2D eigenvalue weighted by Gasteiger charge is 2.09. The molecule has 0 aliphatic carbocycles. The number of imidazole rings is 1. The Bertz CT molecular complexity index is 733. The molecule has 2 heterocycles. The van der Waals surface area contributed by atoms with Gasteiger partial charge >= 0.3 is 0 Å². The Hall–Kier alpha value is -1.88. The Balaban J connectivity index is 2.38. The summed E-state index contributed by atoms with van der Waals surface area (Å²) in [7, 11) is 0. The third-order valence-electron chi connectivity index (χ3n) is 2.91. The average Bonchev–Trinajstić information content (AvgIpc) is 2.77. The van der Waals surface area contributed by atoms with E-state index in [9.17, 15) is 0 Å². The van der Waals surface area contributed by atoms with E-state index in [-0.39, 0.29) is 0 Å². The maximum Gasteiger partial charge on any atom is 0.110 e. The smallest absolute Gasteiger partial charge is 0.110 e. The normalized spacial score (nSPS) is 11.0. The van der Waals surface area contributed by atoms with Crippen molar-refractivity contribution in [1.29, 1.82) is 0 Å². The number of benzene rings is 1. The number of hydrogen-bond acceptors (Lipinski definition) is 3. The molecule has 90 valence electrons. The van der Waals surface area contributed by atoms with Gasteiger partial charge in [0.2, 0.25) is 0 Å². The van der Waals surface area contributed by atoms with Crippen LogP contribution in [0.4, 0.5) is 5.69 Å². The van der Waals surface area contributed by atoms with E-state index < -0.39 is 0 Å².